The Morgan fingerprint density at radius 3 is 2.40 bits per heavy atom. The van der Waals surface area contributed by atoms with E-state index in [0.717, 1.165) is 17.4 Å². The molecule has 0 amide bonds. The van der Waals surface area contributed by atoms with E-state index in [1.165, 1.54) is 0 Å². The van der Waals surface area contributed by atoms with E-state index in [4.69, 9.17) is 0 Å². The SMILES string of the molecule is Bc1ccc(CC)c(S(=O)(=O)C(C)C)c1. The van der Waals surface area contributed by atoms with Crippen LogP contribution in [0.5, 0.6) is 0 Å². The maximum atomic E-state index is 12.1. The molecule has 0 spiro atoms. The summed E-state index contributed by atoms with van der Waals surface area (Å²) in [6.45, 7) is 5.41. The standard InChI is InChI=1S/C11H17BO2S/c1-4-9-5-6-10(12)7-11(9)15(13,14)8(2)3/h5-8H,4,12H2,1-3H3. The van der Waals surface area contributed by atoms with Gasteiger partial charge < -0.3 is 0 Å². The van der Waals surface area contributed by atoms with Crippen LogP contribution in [0.15, 0.2) is 23.1 Å². The first-order chi connectivity index (χ1) is 6.89. The van der Waals surface area contributed by atoms with Crippen molar-refractivity contribution in [2.75, 3.05) is 0 Å². The molecule has 0 aliphatic heterocycles. The third-order valence-corrected chi connectivity index (χ3v) is 4.76. The molecule has 0 aliphatic carbocycles. The molecular weight excluding hydrogens is 207 g/mol. The Labute approximate surface area is 93.0 Å². The van der Waals surface area contributed by atoms with Crippen LogP contribution in [0.2, 0.25) is 0 Å². The summed E-state index contributed by atoms with van der Waals surface area (Å²) < 4.78 is 24.1. The van der Waals surface area contributed by atoms with Crippen LogP contribution in [0.1, 0.15) is 26.3 Å². The van der Waals surface area contributed by atoms with Crippen LogP contribution in [0.4, 0.5) is 0 Å². The first kappa shape index (κ1) is 12.3. The zero-order valence-electron chi connectivity index (χ0n) is 9.74. The summed E-state index contributed by atoms with van der Waals surface area (Å²) >= 11 is 0. The van der Waals surface area contributed by atoms with Crippen molar-refractivity contribution in [2.24, 2.45) is 0 Å². The van der Waals surface area contributed by atoms with Gasteiger partial charge >= 0.3 is 0 Å². The Morgan fingerprint density at radius 1 is 1.33 bits per heavy atom. The lowest BCUT2D eigenvalue weighted by Gasteiger charge is -2.12. The molecule has 0 N–H and O–H groups in total. The highest BCUT2D eigenvalue weighted by Gasteiger charge is 2.21. The topological polar surface area (TPSA) is 34.1 Å². The minimum Gasteiger partial charge on any atom is -0.223 e. The van der Waals surface area contributed by atoms with Gasteiger partial charge in [-0.1, -0.05) is 24.5 Å². The van der Waals surface area contributed by atoms with Crippen molar-refractivity contribution in [3.05, 3.63) is 23.8 Å². The molecular formula is C11H17BO2S. The lowest BCUT2D eigenvalue weighted by atomic mass is 9.95. The molecule has 0 heterocycles. The Hall–Kier alpha value is -0.765. The fraction of sp³-hybridized carbons (Fsp3) is 0.455. The molecule has 4 heteroatoms. The first-order valence-electron chi connectivity index (χ1n) is 5.23. The normalized spacial score (nSPS) is 12.0. The summed E-state index contributed by atoms with van der Waals surface area (Å²) in [6.07, 6.45) is 0.752. The van der Waals surface area contributed by atoms with E-state index >= 15 is 0 Å². The quantitative estimate of drug-likeness (QED) is 0.708. The van der Waals surface area contributed by atoms with Crippen LogP contribution in [0.25, 0.3) is 0 Å². The molecule has 0 bridgehead atoms. The van der Waals surface area contributed by atoms with Gasteiger partial charge in [-0.2, -0.15) is 0 Å². The van der Waals surface area contributed by atoms with Crippen LogP contribution in [-0.2, 0) is 16.3 Å². The number of rotatable bonds is 3. The van der Waals surface area contributed by atoms with Crippen molar-refractivity contribution in [3.8, 4) is 0 Å². The third kappa shape index (κ3) is 2.43. The molecule has 0 radical (unpaired) electrons. The Balaban J connectivity index is 3.42. The second kappa shape index (κ2) is 4.39. The summed E-state index contributed by atoms with van der Waals surface area (Å²) in [7, 11) is -1.23. The summed E-state index contributed by atoms with van der Waals surface area (Å²) in [5.41, 5.74) is 1.90. The minimum atomic E-state index is -3.14. The monoisotopic (exact) mass is 224 g/mol. The predicted octanol–water partition coefficient (Wildman–Crippen LogP) is 0.690. The van der Waals surface area contributed by atoms with Crippen molar-refractivity contribution < 1.29 is 8.42 Å². The van der Waals surface area contributed by atoms with Gasteiger partial charge in [-0.3, -0.25) is 0 Å². The molecule has 1 aromatic carbocycles. The van der Waals surface area contributed by atoms with Crippen LogP contribution in [0.3, 0.4) is 0 Å². The number of sulfone groups is 1. The summed E-state index contributed by atoms with van der Waals surface area (Å²) in [6, 6.07) is 5.64. The molecule has 0 fully saturated rings. The van der Waals surface area contributed by atoms with Gasteiger partial charge in [0.2, 0.25) is 0 Å². The van der Waals surface area contributed by atoms with Gasteiger partial charge in [-0.05, 0) is 31.9 Å². The average molecular weight is 224 g/mol. The van der Waals surface area contributed by atoms with E-state index in [2.05, 4.69) is 0 Å². The summed E-state index contributed by atoms with van der Waals surface area (Å²) in [4.78, 5) is 0.500. The third-order valence-electron chi connectivity index (χ3n) is 2.53. The van der Waals surface area contributed by atoms with Crippen LogP contribution < -0.4 is 5.46 Å². The molecule has 0 aromatic heterocycles. The molecule has 0 aliphatic rings. The van der Waals surface area contributed by atoms with Crippen LogP contribution in [0, 0.1) is 0 Å². The molecule has 15 heavy (non-hydrogen) atoms. The van der Waals surface area contributed by atoms with Gasteiger partial charge in [0, 0.05) is 0 Å². The predicted molar refractivity (Wildman–Crippen MR) is 66.3 cm³/mol. The van der Waals surface area contributed by atoms with E-state index in [0.29, 0.717) is 4.90 Å². The van der Waals surface area contributed by atoms with Crippen molar-refractivity contribution in [2.45, 2.75) is 37.3 Å². The van der Waals surface area contributed by atoms with Crippen molar-refractivity contribution in [1.29, 1.82) is 0 Å². The fourth-order valence-electron chi connectivity index (χ4n) is 1.47. The smallest absolute Gasteiger partial charge is 0.180 e. The van der Waals surface area contributed by atoms with E-state index in [1.54, 1.807) is 19.9 Å². The van der Waals surface area contributed by atoms with Gasteiger partial charge in [0.15, 0.2) is 9.84 Å². The van der Waals surface area contributed by atoms with Gasteiger partial charge in [0.25, 0.3) is 0 Å². The van der Waals surface area contributed by atoms with Crippen molar-refractivity contribution >= 4 is 23.1 Å². The number of aryl methyl sites for hydroxylation is 1. The number of hydrogen-bond acceptors (Lipinski definition) is 2. The van der Waals surface area contributed by atoms with Gasteiger partial charge in [0.1, 0.15) is 7.85 Å². The number of hydrogen-bond donors (Lipinski definition) is 0. The average Bonchev–Trinajstić information content (AvgIpc) is 2.17. The van der Waals surface area contributed by atoms with Crippen molar-refractivity contribution in [3.63, 3.8) is 0 Å². The molecule has 1 aromatic rings. The van der Waals surface area contributed by atoms with Gasteiger partial charge in [0.05, 0.1) is 10.1 Å². The maximum absolute atomic E-state index is 12.1. The molecule has 2 nitrogen and oxygen atoms in total. The molecule has 82 valence electrons. The molecule has 0 unspecified atom stereocenters. The van der Waals surface area contributed by atoms with Gasteiger partial charge in [-0.25, -0.2) is 8.42 Å². The molecule has 0 saturated carbocycles. The van der Waals surface area contributed by atoms with E-state index in [-0.39, 0.29) is 5.25 Å². The van der Waals surface area contributed by atoms with Gasteiger partial charge in [-0.15, -0.1) is 0 Å². The second-order valence-electron chi connectivity index (χ2n) is 4.06. The number of benzene rings is 1. The highest BCUT2D eigenvalue weighted by Crippen LogP contribution is 2.19. The maximum Gasteiger partial charge on any atom is 0.180 e. The Bertz CT molecular complexity index is 450. The lowest BCUT2D eigenvalue weighted by molar-refractivity contribution is 0.586. The van der Waals surface area contributed by atoms with Crippen LogP contribution in [-0.4, -0.2) is 21.5 Å². The largest absolute Gasteiger partial charge is 0.223 e. The fourth-order valence-corrected chi connectivity index (χ4v) is 2.91. The first-order valence-corrected chi connectivity index (χ1v) is 6.77. The van der Waals surface area contributed by atoms with E-state index in [1.807, 2.05) is 26.9 Å². The molecule has 1 rings (SSSR count). The zero-order valence-corrected chi connectivity index (χ0v) is 10.6. The second-order valence-corrected chi connectivity index (χ2v) is 6.53. The highest BCUT2D eigenvalue weighted by molar-refractivity contribution is 7.92. The van der Waals surface area contributed by atoms with Crippen molar-refractivity contribution in [1.82, 2.24) is 0 Å². The van der Waals surface area contributed by atoms with E-state index < -0.39 is 9.84 Å². The minimum absolute atomic E-state index is 0.357. The summed E-state index contributed by atoms with van der Waals surface area (Å²) in [5.74, 6) is 0. The molecule has 0 saturated heterocycles. The summed E-state index contributed by atoms with van der Waals surface area (Å²) in [5, 5.41) is -0.357. The zero-order chi connectivity index (χ0) is 11.6. The van der Waals surface area contributed by atoms with Crippen LogP contribution >= 0.6 is 0 Å². The highest BCUT2D eigenvalue weighted by atomic mass is 32.2. The van der Waals surface area contributed by atoms with E-state index in [9.17, 15) is 8.42 Å². The Kier molecular flexibility index (Phi) is 3.60. The molecule has 0 atom stereocenters. The lowest BCUT2D eigenvalue weighted by Crippen LogP contribution is -2.18. The Morgan fingerprint density at radius 2 is 1.93 bits per heavy atom.